The first-order valence-electron chi connectivity index (χ1n) is 11.9. The number of rotatable bonds is 12. The van der Waals surface area contributed by atoms with Gasteiger partial charge in [-0.15, -0.1) is 0 Å². The van der Waals surface area contributed by atoms with Gasteiger partial charge in [-0.1, -0.05) is 12.5 Å². The molecule has 2 N–H and O–H groups in total. The molecule has 4 rings (SSSR count). The minimum Gasteiger partial charge on any atom is -0.490 e. The lowest BCUT2D eigenvalue weighted by Crippen LogP contribution is -2.48. The van der Waals surface area contributed by atoms with Gasteiger partial charge in [0.05, 0.1) is 17.9 Å². The molecule has 2 aliphatic heterocycles. The quantitative estimate of drug-likeness (QED) is 0.337. The number of likely N-dealkylation sites (tertiary alicyclic amines) is 1. The summed E-state index contributed by atoms with van der Waals surface area (Å²) in [4.78, 5) is 26.3. The molecular formula is C23H33FN4O5S. The largest absolute Gasteiger partial charge is 0.490 e. The van der Waals surface area contributed by atoms with E-state index in [-0.39, 0.29) is 24.0 Å². The topological polar surface area (TPSA) is 108 Å². The Balaban J connectivity index is 1.36. The second-order valence-corrected chi connectivity index (χ2v) is 11.6. The summed E-state index contributed by atoms with van der Waals surface area (Å²) in [5.74, 6) is -0.154. The molecule has 34 heavy (non-hydrogen) atoms. The van der Waals surface area contributed by atoms with Crippen LogP contribution in [0.4, 0.5) is 9.18 Å². The van der Waals surface area contributed by atoms with Gasteiger partial charge in [0.1, 0.15) is 6.54 Å². The Kier molecular flexibility index (Phi) is 7.44. The number of amides is 3. The Labute approximate surface area is 200 Å². The van der Waals surface area contributed by atoms with Gasteiger partial charge in [-0.05, 0) is 62.8 Å². The van der Waals surface area contributed by atoms with Crippen molar-refractivity contribution in [2.24, 2.45) is 5.92 Å². The van der Waals surface area contributed by atoms with Crippen molar-refractivity contribution in [2.75, 3.05) is 45.6 Å². The van der Waals surface area contributed by atoms with E-state index >= 15 is 0 Å². The standard InChI is InChI=1S/C23H33FN4O5S/c1-27-11-9-23(16-27,18-7-8-19(24)20(13-18)33-15-17-5-6-17)26-34(31,32)12-4-2-3-10-28-14-21(29)25-22(28)30/h7-8,13,17,26H,2-6,9-12,14-16H2,1H3,(H,25,29,30). The van der Waals surface area contributed by atoms with Crippen LogP contribution in [0.3, 0.4) is 0 Å². The zero-order valence-corrected chi connectivity index (χ0v) is 20.3. The van der Waals surface area contributed by atoms with Crippen molar-refractivity contribution >= 4 is 22.0 Å². The molecule has 11 heteroatoms. The van der Waals surface area contributed by atoms with Gasteiger partial charge in [0.25, 0.3) is 0 Å². The van der Waals surface area contributed by atoms with Crippen LogP contribution in [0.5, 0.6) is 5.75 Å². The number of ether oxygens (including phenoxy) is 1. The Morgan fingerprint density at radius 1 is 1.24 bits per heavy atom. The van der Waals surface area contributed by atoms with Crippen LogP contribution >= 0.6 is 0 Å². The molecule has 2 saturated heterocycles. The number of unbranched alkanes of at least 4 members (excludes halogenated alkanes) is 2. The SMILES string of the molecule is CN1CCC(NS(=O)(=O)CCCCCN2CC(=O)NC2=O)(c2ccc(F)c(OCC3CC3)c2)C1. The van der Waals surface area contributed by atoms with Crippen molar-refractivity contribution in [2.45, 2.75) is 44.1 Å². The highest BCUT2D eigenvalue weighted by Crippen LogP contribution is 2.36. The van der Waals surface area contributed by atoms with E-state index < -0.39 is 27.4 Å². The number of benzene rings is 1. The highest BCUT2D eigenvalue weighted by atomic mass is 32.2. The van der Waals surface area contributed by atoms with E-state index in [1.54, 1.807) is 12.1 Å². The summed E-state index contributed by atoms with van der Waals surface area (Å²) >= 11 is 0. The zero-order valence-electron chi connectivity index (χ0n) is 19.5. The van der Waals surface area contributed by atoms with E-state index in [1.165, 1.54) is 11.0 Å². The van der Waals surface area contributed by atoms with Crippen LogP contribution < -0.4 is 14.8 Å². The summed E-state index contributed by atoms with van der Waals surface area (Å²) in [6.07, 6.45) is 4.43. The fourth-order valence-corrected chi connectivity index (χ4v) is 6.13. The lowest BCUT2D eigenvalue weighted by atomic mass is 9.90. The third kappa shape index (κ3) is 6.25. The average Bonchev–Trinajstić information content (AvgIpc) is 3.44. The summed E-state index contributed by atoms with van der Waals surface area (Å²) in [6, 6.07) is 4.24. The van der Waals surface area contributed by atoms with Crippen LogP contribution in [0.15, 0.2) is 18.2 Å². The molecule has 3 aliphatic rings. The van der Waals surface area contributed by atoms with Gasteiger partial charge < -0.3 is 14.5 Å². The predicted molar refractivity (Wildman–Crippen MR) is 124 cm³/mol. The minimum absolute atomic E-state index is 0.0458. The van der Waals surface area contributed by atoms with Crippen molar-refractivity contribution in [3.8, 4) is 5.75 Å². The molecule has 1 saturated carbocycles. The van der Waals surface area contributed by atoms with Gasteiger partial charge in [-0.3, -0.25) is 10.1 Å². The molecule has 0 aromatic heterocycles. The van der Waals surface area contributed by atoms with E-state index in [0.29, 0.717) is 56.9 Å². The van der Waals surface area contributed by atoms with Crippen LogP contribution in [0.2, 0.25) is 0 Å². The lowest BCUT2D eigenvalue weighted by molar-refractivity contribution is -0.118. The number of nitrogens with zero attached hydrogens (tertiary/aromatic N) is 2. The van der Waals surface area contributed by atoms with Crippen molar-refractivity contribution in [3.63, 3.8) is 0 Å². The van der Waals surface area contributed by atoms with Crippen molar-refractivity contribution in [1.82, 2.24) is 19.8 Å². The van der Waals surface area contributed by atoms with Gasteiger partial charge in [0.15, 0.2) is 11.6 Å². The number of hydrogen-bond donors (Lipinski definition) is 2. The summed E-state index contributed by atoms with van der Waals surface area (Å²) in [5, 5.41) is 2.23. The molecule has 1 aliphatic carbocycles. The number of nitrogens with one attached hydrogen (secondary N) is 2. The first kappa shape index (κ1) is 24.9. The lowest BCUT2D eigenvalue weighted by Gasteiger charge is -2.31. The number of hydrogen-bond acceptors (Lipinski definition) is 6. The molecule has 3 fully saturated rings. The molecule has 1 unspecified atom stereocenters. The van der Waals surface area contributed by atoms with Crippen molar-refractivity contribution in [1.29, 1.82) is 0 Å². The predicted octanol–water partition coefficient (Wildman–Crippen LogP) is 1.79. The van der Waals surface area contributed by atoms with Gasteiger partial charge in [0, 0.05) is 19.6 Å². The Hall–Kier alpha value is -2.24. The highest BCUT2D eigenvalue weighted by Gasteiger charge is 2.42. The maximum absolute atomic E-state index is 14.3. The molecule has 1 aromatic carbocycles. The average molecular weight is 497 g/mol. The Morgan fingerprint density at radius 2 is 2.03 bits per heavy atom. The Morgan fingerprint density at radius 3 is 2.68 bits per heavy atom. The summed E-state index contributed by atoms with van der Waals surface area (Å²) in [5.41, 5.74) is -0.134. The number of likely N-dealkylation sites (N-methyl/N-ethyl adjacent to an activating group) is 1. The fourth-order valence-electron chi connectivity index (χ4n) is 4.57. The third-order valence-corrected chi connectivity index (χ3v) is 8.20. The van der Waals surface area contributed by atoms with Crippen molar-refractivity contribution < 1.29 is 27.1 Å². The first-order valence-corrected chi connectivity index (χ1v) is 13.5. The van der Waals surface area contributed by atoms with Crippen LogP contribution in [-0.4, -0.2) is 75.7 Å². The van der Waals surface area contributed by atoms with E-state index in [2.05, 4.69) is 14.9 Å². The number of carbonyl (C=O) groups is 2. The fraction of sp³-hybridized carbons (Fsp3) is 0.652. The first-order chi connectivity index (χ1) is 16.2. The molecule has 188 valence electrons. The number of urea groups is 1. The normalized spacial score (nSPS) is 23.5. The highest BCUT2D eigenvalue weighted by molar-refractivity contribution is 7.89. The molecule has 0 radical (unpaired) electrons. The van der Waals surface area contributed by atoms with Crippen LogP contribution in [-0.2, 0) is 20.4 Å². The molecular weight excluding hydrogens is 463 g/mol. The van der Waals surface area contributed by atoms with E-state index in [4.69, 9.17) is 4.74 Å². The summed E-state index contributed by atoms with van der Waals surface area (Å²) in [6.45, 7) is 2.15. The second-order valence-electron chi connectivity index (χ2n) is 9.73. The molecule has 3 amide bonds. The number of imide groups is 1. The van der Waals surface area contributed by atoms with E-state index in [1.807, 2.05) is 7.05 Å². The second kappa shape index (κ2) is 10.2. The van der Waals surface area contributed by atoms with E-state index in [9.17, 15) is 22.4 Å². The van der Waals surface area contributed by atoms with E-state index in [0.717, 1.165) is 19.4 Å². The molecule has 0 spiro atoms. The Bertz CT molecular complexity index is 1030. The third-order valence-electron chi connectivity index (χ3n) is 6.68. The smallest absolute Gasteiger partial charge is 0.324 e. The number of sulfonamides is 1. The molecule has 0 bridgehead atoms. The monoisotopic (exact) mass is 496 g/mol. The van der Waals surface area contributed by atoms with Gasteiger partial charge in [0.2, 0.25) is 15.9 Å². The molecule has 9 nitrogen and oxygen atoms in total. The van der Waals surface area contributed by atoms with Gasteiger partial charge in [-0.2, -0.15) is 0 Å². The molecule has 2 heterocycles. The maximum atomic E-state index is 14.3. The summed E-state index contributed by atoms with van der Waals surface area (Å²) < 4.78 is 49.0. The van der Waals surface area contributed by atoms with Gasteiger partial charge >= 0.3 is 6.03 Å². The van der Waals surface area contributed by atoms with Crippen LogP contribution in [0.25, 0.3) is 0 Å². The minimum atomic E-state index is -3.61. The number of carbonyl (C=O) groups excluding carboxylic acids is 2. The number of halogens is 1. The molecule has 1 atom stereocenters. The van der Waals surface area contributed by atoms with Crippen LogP contribution in [0.1, 0.15) is 44.1 Å². The van der Waals surface area contributed by atoms with Gasteiger partial charge in [-0.25, -0.2) is 22.3 Å². The maximum Gasteiger partial charge on any atom is 0.324 e. The van der Waals surface area contributed by atoms with Crippen molar-refractivity contribution in [3.05, 3.63) is 29.6 Å². The molecule has 1 aromatic rings. The summed E-state index contributed by atoms with van der Waals surface area (Å²) in [7, 11) is -1.68. The zero-order chi connectivity index (χ0) is 24.3. The van der Waals surface area contributed by atoms with Crippen LogP contribution in [0, 0.1) is 11.7 Å².